The summed E-state index contributed by atoms with van der Waals surface area (Å²) in [6.45, 7) is 2.15. The van der Waals surface area contributed by atoms with Crippen LogP contribution in [0.3, 0.4) is 0 Å². The Morgan fingerprint density at radius 3 is 2.90 bits per heavy atom. The Bertz CT molecular complexity index is 442. The van der Waals surface area contributed by atoms with Gasteiger partial charge in [-0.15, -0.1) is 0 Å². The van der Waals surface area contributed by atoms with Gasteiger partial charge in [0.1, 0.15) is 11.8 Å². The average Bonchev–Trinajstić information content (AvgIpc) is 2.43. The molecule has 1 rings (SSSR count). The molecule has 4 nitrogen and oxygen atoms in total. The summed E-state index contributed by atoms with van der Waals surface area (Å²) in [5.41, 5.74) is 6.86. The normalized spacial score (nSPS) is 12.0. The molecule has 6 heteroatoms. The molecular weight excluding hydrogens is 342 g/mol. The Hall–Kier alpha value is -0.720. The second kappa shape index (κ2) is 9.26. The van der Waals surface area contributed by atoms with Crippen molar-refractivity contribution in [1.29, 1.82) is 0 Å². The van der Waals surface area contributed by atoms with Gasteiger partial charge in [0.2, 0.25) is 0 Å². The summed E-state index contributed by atoms with van der Waals surface area (Å²) in [7, 11) is 1.66. The fraction of sp³-hybridized carbons (Fsp3) is 0.500. The van der Waals surface area contributed by atoms with Gasteiger partial charge in [0.15, 0.2) is 0 Å². The first-order chi connectivity index (χ1) is 9.58. The molecule has 0 fully saturated rings. The Morgan fingerprint density at radius 1 is 1.50 bits per heavy atom. The first-order valence-corrected chi connectivity index (χ1v) is 8.35. The lowest BCUT2D eigenvalue weighted by Crippen LogP contribution is -2.32. The fourth-order valence-electron chi connectivity index (χ4n) is 1.62. The first kappa shape index (κ1) is 17.3. The molecule has 0 saturated heterocycles. The molecule has 1 atom stereocenters. The van der Waals surface area contributed by atoms with E-state index in [0.717, 1.165) is 27.3 Å². The minimum absolute atomic E-state index is 0.326. The molecular formula is C14H20BrNO3S. The lowest BCUT2D eigenvalue weighted by molar-refractivity contribution is -0.144. The van der Waals surface area contributed by atoms with Crippen molar-refractivity contribution in [3.63, 3.8) is 0 Å². The van der Waals surface area contributed by atoms with E-state index in [1.807, 2.05) is 18.2 Å². The number of esters is 1. The Morgan fingerprint density at radius 2 is 2.25 bits per heavy atom. The van der Waals surface area contributed by atoms with Gasteiger partial charge < -0.3 is 15.2 Å². The van der Waals surface area contributed by atoms with Crippen LogP contribution in [0.2, 0.25) is 0 Å². The van der Waals surface area contributed by atoms with Crippen LogP contribution < -0.4 is 10.5 Å². The zero-order chi connectivity index (χ0) is 15.0. The lowest BCUT2D eigenvalue weighted by Gasteiger charge is -2.11. The van der Waals surface area contributed by atoms with Crippen LogP contribution in [0.1, 0.15) is 18.9 Å². The minimum atomic E-state index is -0.535. The highest BCUT2D eigenvalue weighted by Gasteiger charge is 2.14. The largest absolute Gasteiger partial charge is 0.496 e. The number of carbonyl (C=O) groups is 1. The molecule has 0 saturated carbocycles. The molecule has 0 aliphatic rings. The monoisotopic (exact) mass is 361 g/mol. The summed E-state index contributed by atoms with van der Waals surface area (Å²) in [5, 5.41) is 0. The van der Waals surface area contributed by atoms with Crippen molar-refractivity contribution in [3.05, 3.63) is 28.2 Å². The molecule has 0 amide bonds. The van der Waals surface area contributed by atoms with Crippen molar-refractivity contribution in [2.24, 2.45) is 5.73 Å². The highest BCUT2D eigenvalue weighted by molar-refractivity contribution is 9.10. The maximum atomic E-state index is 11.4. The predicted molar refractivity (Wildman–Crippen MR) is 86.1 cm³/mol. The Balaban J connectivity index is 2.37. The molecule has 0 radical (unpaired) electrons. The van der Waals surface area contributed by atoms with Gasteiger partial charge in [-0.2, -0.15) is 11.8 Å². The third-order valence-corrected chi connectivity index (χ3v) is 4.20. The van der Waals surface area contributed by atoms with Gasteiger partial charge in [-0.1, -0.05) is 15.9 Å². The number of ether oxygens (including phenoxy) is 2. The van der Waals surface area contributed by atoms with Crippen molar-refractivity contribution < 1.29 is 14.3 Å². The zero-order valence-corrected chi connectivity index (χ0v) is 14.1. The summed E-state index contributed by atoms with van der Waals surface area (Å²) in [6, 6.07) is 5.39. The van der Waals surface area contributed by atoms with E-state index in [1.54, 1.807) is 25.8 Å². The number of halogens is 1. The zero-order valence-electron chi connectivity index (χ0n) is 11.7. The van der Waals surface area contributed by atoms with Crippen molar-refractivity contribution in [2.75, 3.05) is 19.5 Å². The summed E-state index contributed by atoms with van der Waals surface area (Å²) < 4.78 is 11.2. The molecule has 0 spiro atoms. The molecule has 1 aromatic rings. The predicted octanol–water partition coefficient (Wildman–Crippen LogP) is 2.97. The molecule has 112 valence electrons. The minimum Gasteiger partial charge on any atom is -0.496 e. The van der Waals surface area contributed by atoms with E-state index in [0.29, 0.717) is 13.0 Å². The highest BCUT2D eigenvalue weighted by Crippen LogP contribution is 2.27. The van der Waals surface area contributed by atoms with E-state index in [2.05, 4.69) is 15.9 Å². The smallest absolute Gasteiger partial charge is 0.322 e. The van der Waals surface area contributed by atoms with Crippen LogP contribution in [0.4, 0.5) is 0 Å². The van der Waals surface area contributed by atoms with E-state index in [9.17, 15) is 4.79 Å². The van der Waals surface area contributed by atoms with E-state index in [4.69, 9.17) is 15.2 Å². The molecule has 0 aromatic heterocycles. The summed E-state index contributed by atoms with van der Waals surface area (Å²) >= 11 is 5.17. The van der Waals surface area contributed by atoms with Gasteiger partial charge in [-0.25, -0.2) is 0 Å². The molecule has 2 N–H and O–H groups in total. The number of carbonyl (C=O) groups excluding carboxylic acids is 1. The summed E-state index contributed by atoms with van der Waals surface area (Å²) in [6.07, 6.45) is 0.611. The fourth-order valence-corrected chi connectivity index (χ4v) is 3.04. The number of thioether (sulfide) groups is 1. The van der Waals surface area contributed by atoms with Crippen molar-refractivity contribution in [2.45, 2.75) is 25.1 Å². The molecule has 1 unspecified atom stereocenters. The number of nitrogens with two attached hydrogens (primary N) is 1. The number of hydrogen-bond acceptors (Lipinski definition) is 5. The van der Waals surface area contributed by atoms with Gasteiger partial charge in [-0.3, -0.25) is 4.79 Å². The molecule has 0 heterocycles. The van der Waals surface area contributed by atoms with Crippen molar-refractivity contribution in [3.8, 4) is 5.75 Å². The van der Waals surface area contributed by atoms with Gasteiger partial charge in [0, 0.05) is 15.8 Å². The highest BCUT2D eigenvalue weighted by atomic mass is 79.9. The molecule has 0 bridgehead atoms. The van der Waals surface area contributed by atoms with E-state index < -0.39 is 6.04 Å². The van der Waals surface area contributed by atoms with Crippen molar-refractivity contribution in [1.82, 2.24) is 0 Å². The van der Waals surface area contributed by atoms with Crippen LogP contribution in [0, 0.1) is 0 Å². The van der Waals surface area contributed by atoms with Gasteiger partial charge in [-0.05, 0) is 37.3 Å². The first-order valence-electron chi connectivity index (χ1n) is 6.40. The van der Waals surface area contributed by atoms with Crippen LogP contribution in [0.15, 0.2) is 22.7 Å². The Labute approximate surface area is 132 Å². The SMILES string of the molecule is CCOC(=O)C(N)CCSCc1cc(Br)ccc1OC. The van der Waals surface area contributed by atoms with Crippen LogP contribution in [0.5, 0.6) is 5.75 Å². The third kappa shape index (κ3) is 5.73. The second-order valence-electron chi connectivity index (χ2n) is 4.16. The lowest BCUT2D eigenvalue weighted by atomic mass is 10.2. The quantitative estimate of drug-likeness (QED) is 0.569. The van der Waals surface area contributed by atoms with Crippen molar-refractivity contribution >= 4 is 33.7 Å². The number of benzene rings is 1. The van der Waals surface area contributed by atoms with E-state index in [-0.39, 0.29) is 5.97 Å². The van der Waals surface area contributed by atoms with Gasteiger partial charge in [0.25, 0.3) is 0 Å². The second-order valence-corrected chi connectivity index (χ2v) is 6.18. The molecule has 0 aliphatic heterocycles. The van der Waals surface area contributed by atoms with Gasteiger partial charge >= 0.3 is 5.97 Å². The summed E-state index contributed by atoms with van der Waals surface area (Å²) in [5.74, 6) is 2.16. The maximum Gasteiger partial charge on any atom is 0.322 e. The standard InChI is InChI=1S/C14H20BrNO3S/c1-3-19-14(17)12(16)6-7-20-9-10-8-11(15)4-5-13(10)18-2/h4-5,8,12H,3,6-7,9,16H2,1-2H3. The topological polar surface area (TPSA) is 61.5 Å². The number of methoxy groups -OCH3 is 1. The molecule has 0 aliphatic carbocycles. The van der Waals surface area contributed by atoms with Gasteiger partial charge in [0.05, 0.1) is 13.7 Å². The van der Waals surface area contributed by atoms with Crippen LogP contribution in [-0.2, 0) is 15.3 Å². The number of rotatable bonds is 8. The number of hydrogen-bond donors (Lipinski definition) is 1. The maximum absolute atomic E-state index is 11.4. The molecule has 1 aromatic carbocycles. The Kier molecular flexibility index (Phi) is 8.02. The van der Waals surface area contributed by atoms with Crippen LogP contribution in [0.25, 0.3) is 0 Å². The molecule has 20 heavy (non-hydrogen) atoms. The average molecular weight is 362 g/mol. The van der Waals surface area contributed by atoms with Crippen LogP contribution in [-0.4, -0.2) is 31.5 Å². The third-order valence-electron chi connectivity index (χ3n) is 2.66. The summed E-state index contributed by atoms with van der Waals surface area (Å²) in [4.78, 5) is 11.4. The van der Waals surface area contributed by atoms with Crippen LogP contribution >= 0.6 is 27.7 Å². The van der Waals surface area contributed by atoms with E-state index in [1.165, 1.54) is 0 Å². The van der Waals surface area contributed by atoms with E-state index >= 15 is 0 Å².